The lowest BCUT2D eigenvalue weighted by Gasteiger charge is -2.29. The number of rotatable bonds is 2. The molecule has 2 heterocycles. The van der Waals surface area contributed by atoms with E-state index in [-0.39, 0.29) is 22.2 Å². The summed E-state index contributed by atoms with van der Waals surface area (Å²) in [5, 5.41) is 2.73. The van der Waals surface area contributed by atoms with E-state index < -0.39 is 11.5 Å². The van der Waals surface area contributed by atoms with Gasteiger partial charge in [0.05, 0.1) is 0 Å². The summed E-state index contributed by atoms with van der Waals surface area (Å²) in [7, 11) is 0. The predicted molar refractivity (Wildman–Crippen MR) is 114 cm³/mol. The Labute approximate surface area is 173 Å². The number of H-pyrrole nitrogens is 1. The van der Waals surface area contributed by atoms with E-state index in [1.807, 2.05) is 34.6 Å². The van der Waals surface area contributed by atoms with Crippen LogP contribution < -0.4 is 10.9 Å². The molecule has 2 aromatic heterocycles. The highest BCUT2D eigenvalue weighted by molar-refractivity contribution is 6.07. The van der Waals surface area contributed by atoms with Crippen LogP contribution >= 0.6 is 0 Å². The van der Waals surface area contributed by atoms with Gasteiger partial charge < -0.3 is 14.7 Å². The van der Waals surface area contributed by atoms with Crippen molar-refractivity contribution < 1.29 is 14.0 Å². The topological polar surface area (TPSA) is 105 Å². The average Bonchev–Trinajstić information content (AvgIpc) is 3.03. The van der Waals surface area contributed by atoms with E-state index in [0.29, 0.717) is 46.8 Å². The minimum absolute atomic E-state index is 0.0646. The number of aromatic amines is 1. The summed E-state index contributed by atoms with van der Waals surface area (Å²) >= 11 is 0. The Bertz CT molecular complexity index is 1240. The van der Waals surface area contributed by atoms with Gasteiger partial charge in [-0.3, -0.25) is 14.4 Å². The molecule has 0 aliphatic heterocycles. The van der Waals surface area contributed by atoms with Gasteiger partial charge in [0.15, 0.2) is 11.4 Å². The predicted octanol–water partition coefficient (Wildman–Crippen LogP) is 4.22. The van der Waals surface area contributed by atoms with Crippen molar-refractivity contribution in [2.24, 2.45) is 5.41 Å². The molecule has 0 saturated heterocycles. The summed E-state index contributed by atoms with van der Waals surface area (Å²) in [6, 6.07) is 6.54. The van der Waals surface area contributed by atoms with Gasteiger partial charge >= 0.3 is 0 Å². The maximum atomic E-state index is 12.8. The highest BCUT2D eigenvalue weighted by Gasteiger charge is 2.32. The lowest BCUT2D eigenvalue weighted by atomic mass is 9.75. The fourth-order valence-electron chi connectivity index (χ4n) is 3.72. The zero-order valence-corrected chi connectivity index (χ0v) is 17.8. The van der Waals surface area contributed by atoms with Crippen molar-refractivity contribution in [2.45, 2.75) is 52.9 Å². The van der Waals surface area contributed by atoms with Gasteiger partial charge in [-0.15, -0.1) is 0 Å². The zero-order chi connectivity index (χ0) is 21.8. The molecule has 30 heavy (non-hydrogen) atoms. The largest absolute Gasteiger partial charge is 0.440 e. The Morgan fingerprint density at radius 2 is 1.90 bits per heavy atom. The molecular formula is C23H25N3O4. The fraction of sp³-hybridized carbons (Fsp3) is 0.391. The van der Waals surface area contributed by atoms with Gasteiger partial charge in [0, 0.05) is 28.8 Å². The zero-order valence-electron chi connectivity index (χ0n) is 17.8. The monoisotopic (exact) mass is 407 g/mol. The van der Waals surface area contributed by atoms with Crippen molar-refractivity contribution in [2.75, 3.05) is 5.32 Å². The maximum Gasteiger partial charge on any atom is 0.261 e. The Morgan fingerprint density at radius 1 is 1.17 bits per heavy atom. The van der Waals surface area contributed by atoms with Crippen molar-refractivity contribution >= 4 is 28.5 Å². The quantitative estimate of drug-likeness (QED) is 0.662. The number of carbonyl (C=O) groups excluding carboxylic acids is 2. The van der Waals surface area contributed by atoms with E-state index in [0.717, 1.165) is 0 Å². The lowest BCUT2D eigenvalue weighted by Crippen LogP contribution is -2.32. The molecule has 1 aliphatic carbocycles. The second-order valence-corrected chi connectivity index (χ2v) is 9.75. The Kier molecular flexibility index (Phi) is 4.45. The molecule has 156 valence electrons. The number of Topliss-reactive ketones (excluding diaryl/α,β-unsaturated/α-hetero) is 1. The van der Waals surface area contributed by atoms with Crippen LogP contribution in [-0.2, 0) is 11.8 Å². The molecule has 1 amide bonds. The Morgan fingerprint density at radius 3 is 2.60 bits per heavy atom. The van der Waals surface area contributed by atoms with Crippen LogP contribution in [0.5, 0.6) is 0 Å². The van der Waals surface area contributed by atoms with Crippen molar-refractivity contribution in [1.82, 2.24) is 9.97 Å². The molecule has 7 heteroatoms. The average molecular weight is 407 g/mol. The number of aromatic nitrogens is 2. The highest BCUT2D eigenvalue weighted by atomic mass is 16.3. The number of anilines is 1. The van der Waals surface area contributed by atoms with Crippen molar-refractivity contribution in [3.05, 3.63) is 57.3 Å². The normalized spacial score (nSPS) is 15.8. The van der Waals surface area contributed by atoms with E-state index in [1.54, 1.807) is 18.2 Å². The van der Waals surface area contributed by atoms with Crippen LogP contribution in [0.4, 0.5) is 5.69 Å². The first-order valence-electron chi connectivity index (χ1n) is 9.95. The van der Waals surface area contributed by atoms with Crippen LogP contribution in [-0.4, -0.2) is 21.7 Å². The minimum Gasteiger partial charge on any atom is -0.440 e. The third kappa shape index (κ3) is 3.67. The number of oxazole rings is 1. The number of fused-ring (bicyclic) bond motifs is 2. The first-order chi connectivity index (χ1) is 13.9. The molecule has 0 radical (unpaired) electrons. The number of hydrogen-bond donors (Lipinski definition) is 2. The second-order valence-electron chi connectivity index (χ2n) is 9.75. The molecule has 1 aromatic carbocycles. The number of pyridine rings is 1. The Hall–Kier alpha value is -3.22. The van der Waals surface area contributed by atoms with Gasteiger partial charge in [-0.25, -0.2) is 4.98 Å². The van der Waals surface area contributed by atoms with Crippen LogP contribution in [0.2, 0.25) is 0 Å². The molecule has 0 unspecified atom stereocenters. The third-order valence-corrected chi connectivity index (χ3v) is 5.25. The first-order valence-corrected chi connectivity index (χ1v) is 9.95. The van der Waals surface area contributed by atoms with Crippen molar-refractivity contribution in [1.29, 1.82) is 0 Å². The van der Waals surface area contributed by atoms with Gasteiger partial charge in [-0.1, -0.05) is 34.6 Å². The molecule has 7 nitrogen and oxygen atoms in total. The molecule has 1 aliphatic rings. The van der Waals surface area contributed by atoms with E-state index in [9.17, 15) is 14.4 Å². The van der Waals surface area contributed by atoms with E-state index in [4.69, 9.17) is 4.42 Å². The van der Waals surface area contributed by atoms with E-state index >= 15 is 0 Å². The molecule has 0 spiro atoms. The van der Waals surface area contributed by atoms with E-state index in [1.165, 1.54) is 6.07 Å². The van der Waals surface area contributed by atoms with Gasteiger partial charge in [-0.2, -0.15) is 0 Å². The molecule has 0 saturated carbocycles. The number of benzene rings is 1. The van der Waals surface area contributed by atoms with Gasteiger partial charge in [0.2, 0.25) is 5.89 Å². The third-order valence-electron chi connectivity index (χ3n) is 5.25. The molecule has 0 atom stereocenters. The Balaban J connectivity index is 1.64. The van der Waals surface area contributed by atoms with Gasteiger partial charge in [-0.05, 0) is 36.1 Å². The lowest BCUT2D eigenvalue weighted by molar-refractivity contribution is 0.0910. The highest BCUT2D eigenvalue weighted by Crippen LogP contribution is 2.33. The number of amides is 1. The van der Waals surface area contributed by atoms with Crippen molar-refractivity contribution in [3.8, 4) is 0 Å². The summed E-state index contributed by atoms with van der Waals surface area (Å²) < 4.78 is 5.77. The molecule has 0 fully saturated rings. The molecule has 4 rings (SSSR count). The summed E-state index contributed by atoms with van der Waals surface area (Å²) in [6.45, 7) is 9.98. The van der Waals surface area contributed by atoms with Crippen LogP contribution in [0, 0.1) is 5.41 Å². The standard InChI is InChI=1S/C23H25N3O4/c1-22(2,3)21-26-15-8-12(6-7-18(15)30-21)24-19(28)14-9-13-16(25-20(14)29)10-23(4,5)11-17(13)27/h6-9H,10-11H2,1-5H3,(H,24,28)(H,25,29). The first kappa shape index (κ1) is 20.1. The summed E-state index contributed by atoms with van der Waals surface area (Å²) in [5.74, 6) is -0.0330. The summed E-state index contributed by atoms with van der Waals surface area (Å²) in [5.41, 5.74) is 1.71. The van der Waals surface area contributed by atoms with Crippen LogP contribution in [0.25, 0.3) is 11.1 Å². The van der Waals surface area contributed by atoms with Crippen LogP contribution in [0.3, 0.4) is 0 Å². The number of ketones is 1. The van der Waals surface area contributed by atoms with Gasteiger partial charge in [0.25, 0.3) is 11.5 Å². The minimum atomic E-state index is -0.574. The molecule has 0 bridgehead atoms. The van der Waals surface area contributed by atoms with Crippen molar-refractivity contribution in [3.63, 3.8) is 0 Å². The summed E-state index contributed by atoms with van der Waals surface area (Å²) in [6.07, 6.45) is 0.968. The van der Waals surface area contributed by atoms with Crippen LogP contribution in [0.15, 0.2) is 33.5 Å². The maximum absolute atomic E-state index is 12.8. The molecular weight excluding hydrogens is 382 g/mol. The van der Waals surface area contributed by atoms with E-state index in [2.05, 4.69) is 15.3 Å². The van der Waals surface area contributed by atoms with Gasteiger partial charge in [0.1, 0.15) is 11.1 Å². The molecule has 2 N–H and O–H groups in total. The fourth-order valence-corrected chi connectivity index (χ4v) is 3.72. The number of carbonyl (C=O) groups is 2. The SMILES string of the molecule is CC1(C)CC(=O)c2cc(C(=O)Nc3ccc4oc(C(C)(C)C)nc4c3)c(=O)[nH]c2C1. The smallest absolute Gasteiger partial charge is 0.261 e. The summed E-state index contributed by atoms with van der Waals surface area (Å²) in [4.78, 5) is 45.0. The number of hydrogen-bond acceptors (Lipinski definition) is 5. The molecule has 3 aromatic rings. The number of nitrogens with one attached hydrogen (secondary N) is 2. The second kappa shape index (κ2) is 6.65. The van der Waals surface area contributed by atoms with Crippen LogP contribution in [0.1, 0.15) is 73.3 Å². The number of nitrogens with zero attached hydrogens (tertiary/aromatic N) is 1.